The number of nitrogens with zero attached hydrogens (tertiary/aromatic N) is 4. The van der Waals surface area contributed by atoms with Crippen LogP contribution in [0.1, 0.15) is 32.3 Å². The van der Waals surface area contributed by atoms with E-state index in [-0.39, 0.29) is 0 Å². The van der Waals surface area contributed by atoms with Crippen LogP contribution in [0, 0.1) is 0 Å². The maximum Gasteiger partial charge on any atom is 0.153 e. The van der Waals surface area contributed by atoms with Crippen molar-refractivity contribution in [3.05, 3.63) is 71.9 Å². The summed E-state index contributed by atoms with van der Waals surface area (Å²) >= 11 is 6.69. The van der Waals surface area contributed by atoms with Crippen LogP contribution in [0.4, 0.5) is 5.82 Å². The maximum absolute atomic E-state index is 6.69. The van der Waals surface area contributed by atoms with Gasteiger partial charge in [-0.1, -0.05) is 56.3 Å². The number of rotatable bonds is 6. The zero-order valence-corrected chi connectivity index (χ0v) is 21.1. The first-order valence-corrected chi connectivity index (χ1v) is 12.5. The van der Waals surface area contributed by atoms with Gasteiger partial charge in [0, 0.05) is 53.4 Å². The molecule has 6 nitrogen and oxygen atoms in total. The number of H-pyrrole nitrogens is 1. The molecule has 5 rings (SSSR count). The van der Waals surface area contributed by atoms with E-state index >= 15 is 0 Å². The molecule has 0 bridgehead atoms. The van der Waals surface area contributed by atoms with Crippen LogP contribution in [0.3, 0.4) is 0 Å². The Hall–Kier alpha value is -3.51. The average molecular weight is 487 g/mol. The number of nitrogen functional groups attached to an aromatic ring is 1. The standard InChI is InChI=1S/C28H31ClN6/c1-5-6-17(2)34-11-12-35(18(3)16-34)19(4)20-7-9-22-24(29)15-26(31-27(22)14-20)21-8-10-25-23(13-21)28(30)33-32-25/h7-10,13-15,18H,2,4-6,11-12,16H2,1,3H3,(H3,30,32,33). The van der Waals surface area contributed by atoms with Gasteiger partial charge in [0.1, 0.15) is 0 Å². The van der Waals surface area contributed by atoms with Crippen molar-refractivity contribution in [2.24, 2.45) is 0 Å². The lowest BCUT2D eigenvalue weighted by Crippen LogP contribution is -2.50. The van der Waals surface area contributed by atoms with E-state index in [0.717, 1.165) is 76.8 Å². The molecule has 4 aromatic rings. The summed E-state index contributed by atoms with van der Waals surface area (Å²) in [6.07, 6.45) is 2.17. The minimum absolute atomic E-state index is 0.343. The van der Waals surface area contributed by atoms with Gasteiger partial charge in [-0.25, -0.2) is 4.98 Å². The molecule has 0 radical (unpaired) electrons. The van der Waals surface area contributed by atoms with E-state index in [9.17, 15) is 0 Å². The minimum atomic E-state index is 0.343. The van der Waals surface area contributed by atoms with Crippen molar-refractivity contribution < 1.29 is 0 Å². The molecule has 3 heterocycles. The molecule has 3 N–H and O–H groups in total. The van der Waals surface area contributed by atoms with Gasteiger partial charge in [-0.15, -0.1) is 0 Å². The van der Waals surface area contributed by atoms with Crippen molar-refractivity contribution in [3.8, 4) is 11.3 Å². The van der Waals surface area contributed by atoms with E-state index in [0.29, 0.717) is 16.9 Å². The number of hydrogen-bond acceptors (Lipinski definition) is 5. The lowest BCUT2D eigenvalue weighted by Gasteiger charge is -2.43. The van der Waals surface area contributed by atoms with E-state index in [2.05, 4.69) is 59.1 Å². The number of aromatic amines is 1. The predicted octanol–water partition coefficient (Wildman–Crippen LogP) is 6.30. The minimum Gasteiger partial charge on any atom is -0.382 e. The fourth-order valence-corrected chi connectivity index (χ4v) is 5.23. The fourth-order valence-electron chi connectivity index (χ4n) is 4.97. The van der Waals surface area contributed by atoms with Gasteiger partial charge < -0.3 is 15.5 Å². The van der Waals surface area contributed by atoms with Gasteiger partial charge >= 0.3 is 0 Å². The highest BCUT2D eigenvalue weighted by Crippen LogP contribution is 2.33. The highest BCUT2D eigenvalue weighted by Gasteiger charge is 2.25. The molecule has 0 aliphatic carbocycles. The lowest BCUT2D eigenvalue weighted by molar-refractivity contribution is 0.155. The zero-order chi connectivity index (χ0) is 24.7. The summed E-state index contributed by atoms with van der Waals surface area (Å²) in [7, 11) is 0. The fraction of sp³-hybridized carbons (Fsp3) is 0.286. The van der Waals surface area contributed by atoms with Crippen LogP contribution in [0.2, 0.25) is 5.02 Å². The molecule has 2 aromatic heterocycles. The number of allylic oxidation sites excluding steroid dienone is 1. The molecule has 180 valence electrons. The molecular formula is C28H31ClN6. The smallest absolute Gasteiger partial charge is 0.153 e. The Bertz CT molecular complexity index is 1440. The van der Waals surface area contributed by atoms with Crippen LogP contribution in [-0.4, -0.2) is 50.7 Å². The zero-order valence-electron chi connectivity index (χ0n) is 20.3. The second-order valence-electron chi connectivity index (χ2n) is 9.34. The molecule has 0 amide bonds. The topological polar surface area (TPSA) is 74.1 Å². The molecule has 0 spiro atoms. The van der Waals surface area contributed by atoms with Crippen molar-refractivity contribution in [2.45, 2.75) is 32.7 Å². The second-order valence-corrected chi connectivity index (χ2v) is 9.75. The first kappa shape index (κ1) is 23.2. The third-order valence-corrected chi connectivity index (χ3v) is 7.25. The highest BCUT2D eigenvalue weighted by atomic mass is 35.5. The quantitative estimate of drug-likeness (QED) is 0.334. The van der Waals surface area contributed by atoms with Gasteiger partial charge in [0.15, 0.2) is 5.82 Å². The number of nitrogens with one attached hydrogen (secondary N) is 1. The summed E-state index contributed by atoms with van der Waals surface area (Å²) in [6.45, 7) is 16.0. The van der Waals surface area contributed by atoms with E-state index in [4.69, 9.17) is 22.3 Å². The molecule has 35 heavy (non-hydrogen) atoms. The summed E-state index contributed by atoms with van der Waals surface area (Å²) in [6, 6.07) is 14.4. The number of halogens is 1. The molecule has 1 saturated heterocycles. The molecule has 1 atom stereocenters. The Morgan fingerprint density at radius 3 is 2.74 bits per heavy atom. The van der Waals surface area contributed by atoms with Crippen molar-refractivity contribution in [2.75, 3.05) is 25.4 Å². The van der Waals surface area contributed by atoms with Gasteiger partial charge in [-0.3, -0.25) is 5.10 Å². The number of fused-ring (bicyclic) bond motifs is 2. The molecule has 2 aromatic carbocycles. The molecule has 1 unspecified atom stereocenters. The van der Waals surface area contributed by atoms with E-state index < -0.39 is 0 Å². The van der Waals surface area contributed by atoms with Crippen LogP contribution >= 0.6 is 11.6 Å². The normalized spacial score (nSPS) is 16.3. The SMILES string of the molecule is C=C(CCC)N1CCN(C(=C)c2ccc3c(Cl)cc(-c4ccc5[nH]nc(N)c5c4)nc3c2)C(C)C1. The van der Waals surface area contributed by atoms with E-state index in [1.54, 1.807) is 0 Å². The third-order valence-electron chi connectivity index (χ3n) is 6.94. The van der Waals surface area contributed by atoms with Gasteiger partial charge in [-0.05, 0) is 43.2 Å². The molecule has 1 aliphatic heterocycles. The first-order chi connectivity index (χ1) is 16.9. The molecule has 1 aliphatic rings. The van der Waals surface area contributed by atoms with Crippen LogP contribution in [0.15, 0.2) is 61.3 Å². The number of piperazine rings is 1. The summed E-state index contributed by atoms with van der Waals surface area (Å²) in [4.78, 5) is 9.75. The van der Waals surface area contributed by atoms with E-state index in [1.807, 2.05) is 30.3 Å². The number of aromatic nitrogens is 3. The highest BCUT2D eigenvalue weighted by molar-refractivity contribution is 6.35. The number of anilines is 1. The largest absolute Gasteiger partial charge is 0.382 e. The summed E-state index contributed by atoms with van der Waals surface area (Å²) in [5.74, 6) is 0.472. The number of hydrogen-bond donors (Lipinski definition) is 2. The summed E-state index contributed by atoms with van der Waals surface area (Å²) < 4.78 is 0. The van der Waals surface area contributed by atoms with Crippen molar-refractivity contribution in [3.63, 3.8) is 0 Å². The molecule has 0 saturated carbocycles. The Balaban J connectivity index is 1.44. The van der Waals surface area contributed by atoms with Gasteiger partial charge in [0.2, 0.25) is 0 Å². The monoisotopic (exact) mass is 486 g/mol. The number of nitrogens with two attached hydrogens (primary N) is 1. The van der Waals surface area contributed by atoms with Crippen LogP contribution in [0.5, 0.6) is 0 Å². The first-order valence-electron chi connectivity index (χ1n) is 12.1. The maximum atomic E-state index is 6.69. The van der Waals surface area contributed by atoms with Crippen molar-refractivity contribution >= 4 is 44.9 Å². The van der Waals surface area contributed by atoms with Crippen LogP contribution in [0.25, 0.3) is 38.8 Å². The molecular weight excluding hydrogens is 456 g/mol. The van der Waals surface area contributed by atoms with Crippen LogP contribution in [-0.2, 0) is 0 Å². The van der Waals surface area contributed by atoms with E-state index in [1.165, 1.54) is 5.70 Å². The van der Waals surface area contributed by atoms with Gasteiger partial charge in [0.25, 0.3) is 0 Å². The average Bonchev–Trinajstić information content (AvgIpc) is 3.23. The van der Waals surface area contributed by atoms with Crippen molar-refractivity contribution in [1.29, 1.82) is 0 Å². The number of pyridine rings is 1. The van der Waals surface area contributed by atoms with Crippen molar-refractivity contribution in [1.82, 2.24) is 25.0 Å². The van der Waals surface area contributed by atoms with Gasteiger partial charge in [-0.2, -0.15) is 5.10 Å². The molecule has 7 heteroatoms. The number of benzene rings is 2. The predicted molar refractivity (Wildman–Crippen MR) is 147 cm³/mol. The lowest BCUT2D eigenvalue weighted by atomic mass is 10.0. The third kappa shape index (κ3) is 4.34. The van der Waals surface area contributed by atoms with Gasteiger partial charge in [0.05, 0.1) is 21.7 Å². The Morgan fingerprint density at radius 2 is 1.97 bits per heavy atom. The Labute approximate surface area is 211 Å². The molecule has 1 fully saturated rings. The second kappa shape index (κ2) is 9.27. The Kier molecular flexibility index (Phi) is 6.15. The summed E-state index contributed by atoms with van der Waals surface area (Å²) in [5.41, 5.74) is 12.8. The Morgan fingerprint density at radius 1 is 1.14 bits per heavy atom. The van der Waals surface area contributed by atoms with Crippen LogP contribution < -0.4 is 5.73 Å². The summed E-state index contributed by atoms with van der Waals surface area (Å²) in [5, 5.41) is 9.48.